The molecule has 0 atom stereocenters. The second kappa shape index (κ2) is 8.55. The molecule has 2 aromatic rings. The standard InChI is InChI=1S/C19H19BrO4/c1-13-4-3-5-17(14(13)2)23-10-11-24-18-8-7-16(20)12-15(18)6-9-19(21)22/h3-9,12H,10-11H2,1-2H3,(H,21,22). The molecule has 1 N–H and O–H groups in total. The van der Waals surface area contributed by atoms with Crippen molar-refractivity contribution in [2.45, 2.75) is 13.8 Å². The first-order chi connectivity index (χ1) is 11.5. The molecule has 0 spiro atoms. The number of halogens is 1. The van der Waals surface area contributed by atoms with Gasteiger partial charge in [0.05, 0.1) is 0 Å². The molecule has 0 radical (unpaired) electrons. The van der Waals surface area contributed by atoms with Crippen LogP contribution in [0.4, 0.5) is 0 Å². The second-order valence-corrected chi connectivity index (χ2v) is 6.16. The molecular formula is C19H19BrO4. The molecule has 0 aliphatic carbocycles. The van der Waals surface area contributed by atoms with E-state index in [1.54, 1.807) is 12.1 Å². The molecule has 0 unspecified atom stereocenters. The molecule has 0 heterocycles. The van der Waals surface area contributed by atoms with E-state index in [1.807, 2.05) is 38.1 Å². The average Bonchev–Trinajstić information content (AvgIpc) is 2.54. The van der Waals surface area contributed by atoms with Crippen molar-refractivity contribution in [1.29, 1.82) is 0 Å². The van der Waals surface area contributed by atoms with Crippen LogP contribution in [-0.4, -0.2) is 24.3 Å². The minimum Gasteiger partial charge on any atom is -0.490 e. The van der Waals surface area contributed by atoms with Crippen molar-refractivity contribution in [3.8, 4) is 11.5 Å². The lowest BCUT2D eigenvalue weighted by Gasteiger charge is -2.13. The number of aryl methyl sites for hydroxylation is 1. The predicted octanol–water partition coefficient (Wildman–Crippen LogP) is 4.62. The second-order valence-electron chi connectivity index (χ2n) is 5.25. The minimum atomic E-state index is -1.00. The molecule has 0 saturated heterocycles. The van der Waals surface area contributed by atoms with E-state index < -0.39 is 5.97 Å². The Balaban J connectivity index is 1.97. The van der Waals surface area contributed by atoms with Crippen LogP contribution >= 0.6 is 15.9 Å². The van der Waals surface area contributed by atoms with Gasteiger partial charge >= 0.3 is 5.97 Å². The van der Waals surface area contributed by atoms with Gasteiger partial charge in [0, 0.05) is 16.1 Å². The highest BCUT2D eigenvalue weighted by molar-refractivity contribution is 9.10. The van der Waals surface area contributed by atoms with Crippen LogP contribution in [0.15, 0.2) is 46.9 Å². The van der Waals surface area contributed by atoms with Crippen LogP contribution in [0.2, 0.25) is 0 Å². The Kier molecular flexibility index (Phi) is 6.44. The zero-order valence-corrected chi connectivity index (χ0v) is 15.2. The Hall–Kier alpha value is -2.27. The summed E-state index contributed by atoms with van der Waals surface area (Å²) in [6.07, 6.45) is 2.59. The molecule has 0 amide bonds. The lowest BCUT2D eigenvalue weighted by Crippen LogP contribution is -2.10. The Morgan fingerprint density at radius 1 is 1.12 bits per heavy atom. The summed E-state index contributed by atoms with van der Waals surface area (Å²) in [7, 11) is 0. The highest BCUT2D eigenvalue weighted by Gasteiger charge is 2.05. The Labute approximate surface area is 149 Å². The van der Waals surface area contributed by atoms with Crippen molar-refractivity contribution < 1.29 is 19.4 Å². The zero-order valence-electron chi connectivity index (χ0n) is 13.6. The molecule has 0 aromatic heterocycles. The Morgan fingerprint density at radius 2 is 1.83 bits per heavy atom. The van der Waals surface area contributed by atoms with E-state index in [4.69, 9.17) is 14.6 Å². The molecule has 126 valence electrons. The predicted molar refractivity (Wildman–Crippen MR) is 97.7 cm³/mol. The number of rotatable bonds is 7. The molecule has 0 aliphatic rings. The third-order valence-electron chi connectivity index (χ3n) is 3.53. The number of carbonyl (C=O) groups is 1. The summed E-state index contributed by atoms with van der Waals surface area (Å²) in [6.45, 7) is 4.84. The number of ether oxygens (including phenoxy) is 2. The molecule has 24 heavy (non-hydrogen) atoms. The third-order valence-corrected chi connectivity index (χ3v) is 4.02. The number of hydrogen-bond acceptors (Lipinski definition) is 3. The van der Waals surface area contributed by atoms with Crippen molar-refractivity contribution >= 4 is 28.0 Å². The molecular weight excluding hydrogens is 372 g/mol. The van der Waals surface area contributed by atoms with E-state index in [2.05, 4.69) is 15.9 Å². The van der Waals surface area contributed by atoms with Crippen molar-refractivity contribution in [2.75, 3.05) is 13.2 Å². The minimum absolute atomic E-state index is 0.364. The number of hydrogen-bond donors (Lipinski definition) is 1. The largest absolute Gasteiger partial charge is 0.490 e. The summed E-state index contributed by atoms with van der Waals surface area (Å²) in [4.78, 5) is 10.7. The Morgan fingerprint density at radius 3 is 2.54 bits per heavy atom. The maximum Gasteiger partial charge on any atom is 0.328 e. The normalized spacial score (nSPS) is 10.8. The van der Waals surface area contributed by atoms with E-state index >= 15 is 0 Å². The molecule has 0 saturated carbocycles. The molecule has 0 aliphatic heterocycles. The summed E-state index contributed by atoms with van der Waals surface area (Å²) < 4.78 is 12.3. The number of benzene rings is 2. The average molecular weight is 391 g/mol. The van der Waals surface area contributed by atoms with Gasteiger partial charge in [0.25, 0.3) is 0 Å². The summed E-state index contributed by atoms with van der Waals surface area (Å²) in [5, 5.41) is 8.76. The lowest BCUT2D eigenvalue weighted by atomic mass is 10.1. The SMILES string of the molecule is Cc1cccc(OCCOc2ccc(Br)cc2C=CC(=O)O)c1C. The van der Waals surface area contributed by atoms with Gasteiger partial charge in [0.2, 0.25) is 0 Å². The van der Waals surface area contributed by atoms with Gasteiger partial charge in [-0.15, -0.1) is 0 Å². The summed E-state index contributed by atoms with van der Waals surface area (Å²) in [5.41, 5.74) is 2.99. The first kappa shape index (κ1) is 18.1. The fraction of sp³-hybridized carbons (Fsp3) is 0.211. The van der Waals surface area contributed by atoms with Crippen molar-refractivity contribution in [3.63, 3.8) is 0 Å². The summed E-state index contributed by atoms with van der Waals surface area (Å²) in [5.74, 6) is 0.458. The highest BCUT2D eigenvalue weighted by atomic mass is 79.9. The lowest BCUT2D eigenvalue weighted by molar-refractivity contribution is -0.131. The fourth-order valence-electron chi connectivity index (χ4n) is 2.13. The number of carboxylic acid groups (broad SMARTS) is 1. The van der Waals surface area contributed by atoms with Crippen molar-refractivity contribution in [2.24, 2.45) is 0 Å². The van der Waals surface area contributed by atoms with Crippen LogP contribution in [0.25, 0.3) is 6.08 Å². The summed E-state index contributed by atoms with van der Waals surface area (Å²) in [6, 6.07) is 11.4. The Bertz CT molecular complexity index is 753. The van der Waals surface area contributed by atoms with Gasteiger partial charge in [-0.3, -0.25) is 0 Å². The van der Waals surface area contributed by atoms with Gasteiger partial charge in [-0.05, 0) is 55.3 Å². The first-order valence-electron chi connectivity index (χ1n) is 7.50. The van der Waals surface area contributed by atoms with Gasteiger partial charge in [-0.1, -0.05) is 28.1 Å². The van der Waals surface area contributed by atoms with Gasteiger partial charge in [-0.25, -0.2) is 4.79 Å². The highest BCUT2D eigenvalue weighted by Crippen LogP contribution is 2.25. The third kappa shape index (κ3) is 5.13. The molecule has 0 fully saturated rings. The van der Waals surface area contributed by atoms with Crippen LogP contribution in [0.5, 0.6) is 11.5 Å². The van der Waals surface area contributed by atoms with E-state index in [-0.39, 0.29) is 0 Å². The van der Waals surface area contributed by atoms with Crippen molar-refractivity contribution in [1.82, 2.24) is 0 Å². The maximum atomic E-state index is 10.7. The van der Waals surface area contributed by atoms with Crippen molar-refractivity contribution in [3.05, 3.63) is 63.6 Å². The molecule has 2 rings (SSSR count). The van der Waals surface area contributed by atoms with Crippen LogP contribution < -0.4 is 9.47 Å². The van der Waals surface area contributed by atoms with E-state index in [0.717, 1.165) is 21.9 Å². The van der Waals surface area contributed by atoms with Gasteiger partial charge in [-0.2, -0.15) is 0 Å². The van der Waals surface area contributed by atoms with E-state index in [1.165, 1.54) is 11.6 Å². The molecule has 5 heteroatoms. The number of carboxylic acids is 1. The van der Waals surface area contributed by atoms with E-state index in [9.17, 15) is 4.79 Å². The zero-order chi connectivity index (χ0) is 17.5. The number of aliphatic carboxylic acids is 1. The van der Waals surface area contributed by atoms with Gasteiger partial charge < -0.3 is 14.6 Å². The van der Waals surface area contributed by atoms with Gasteiger partial charge in [0.15, 0.2) is 0 Å². The van der Waals surface area contributed by atoms with Crippen LogP contribution in [0.3, 0.4) is 0 Å². The quantitative estimate of drug-likeness (QED) is 0.553. The fourth-order valence-corrected chi connectivity index (χ4v) is 2.50. The van der Waals surface area contributed by atoms with Crippen LogP contribution in [0.1, 0.15) is 16.7 Å². The summed E-state index contributed by atoms with van der Waals surface area (Å²) >= 11 is 3.37. The maximum absolute atomic E-state index is 10.7. The van der Waals surface area contributed by atoms with E-state index in [0.29, 0.717) is 24.5 Å². The van der Waals surface area contributed by atoms with Crippen LogP contribution in [-0.2, 0) is 4.79 Å². The smallest absolute Gasteiger partial charge is 0.328 e. The first-order valence-corrected chi connectivity index (χ1v) is 8.29. The topological polar surface area (TPSA) is 55.8 Å². The van der Waals surface area contributed by atoms with Gasteiger partial charge in [0.1, 0.15) is 24.7 Å². The van der Waals surface area contributed by atoms with Crippen LogP contribution in [0, 0.1) is 13.8 Å². The molecule has 4 nitrogen and oxygen atoms in total. The monoisotopic (exact) mass is 390 g/mol. The molecule has 2 aromatic carbocycles. The molecule has 0 bridgehead atoms.